The van der Waals surface area contributed by atoms with Crippen LogP contribution in [0.5, 0.6) is 0 Å². The fraction of sp³-hybridized carbons (Fsp3) is 0.308. The molecule has 104 valence electrons. The first-order valence-corrected chi connectivity index (χ1v) is 7.39. The maximum Gasteiger partial charge on any atom is 0.230 e. The number of aromatic nitrogens is 3. The summed E-state index contributed by atoms with van der Waals surface area (Å²) in [5, 5.41) is 1.23. The van der Waals surface area contributed by atoms with Crippen molar-refractivity contribution in [1.82, 2.24) is 15.0 Å². The molecular weight excluding hydrogens is 319 g/mol. The maximum atomic E-state index is 6.19. The highest BCUT2D eigenvalue weighted by atomic mass is 35.5. The number of anilines is 1. The van der Waals surface area contributed by atoms with Crippen LogP contribution in [-0.4, -0.2) is 28.0 Å². The molecule has 2 heterocycles. The molecule has 1 fully saturated rings. The van der Waals surface area contributed by atoms with E-state index in [4.69, 9.17) is 34.8 Å². The van der Waals surface area contributed by atoms with Gasteiger partial charge in [-0.15, -0.1) is 0 Å². The van der Waals surface area contributed by atoms with Crippen LogP contribution in [-0.2, 0) is 0 Å². The molecule has 0 aliphatic carbocycles. The minimum Gasteiger partial charge on any atom is -0.341 e. The Hall–Kier alpha value is -1.10. The molecular formula is C13H11Cl3N4. The van der Waals surface area contributed by atoms with Crippen molar-refractivity contribution in [2.24, 2.45) is 0 Å². The van der Waals surface area contributed by atoms with Gasteiger partial charge in [-0.05, 0) is 42.6 Å². The minimum atomic E-state index is 0.169. The van der Waals surface area contributed by atoms with Crippen molar-refractivity contribution >= 4 is 40.8 Å². The van der Waals surface area contributed by atoms with Crippen LogP contribution in [0.3, 0.4) is 0 Å². The molecule has 4 nitrogen and oxygen atoms in total. The molecule has 1 aromatic carbocycles. The predicted octanol–water partition coefficient (Wildman–Crippen LogP) is 4.10. The largest absolute Gasteiger partial charge is 0.341 e. The zero-order valence-electron chi connectivity index (χ0n) is 10.5. The van der Waals surface area contributed by atoms with Crippen LogP contribution in [0.2, 0.25) is 15.3 Å². The fourth-order valence-corrected chi connectivity index (χ4v) is 2.84. The molecule has 0 bridgehead atoms. The molecule has 0 atom stereocenters. The first-order chi connectivity index (χ1) is 9.63. The summed E-state index contributed by atoms with van der Waals surface area (Å²) in [4.78, 5) is 14.9. The average Bonchev–Trinajstić information content (AvgIpc) is 2.91. The van der Waals surface area contributed by atoms with Gasteiger partial charge in [0.25, 0.3) is 0 Å². The van der Waals surface area contributed by atoms with Crippen LogP contribution in [0.1, 0.15) is 12.8 Å². The molecule has 1 aliphatic rings. The van der Waals surface area contributed by atoms with Gasteiger partial charge in [-0.25, -0.2) is 0 Å². The Kier molecular flexibility index (Phi) is 3.96. The van der Waals surface area contributed by atoms with E-state index in [1.165, 1.54) is 0 Å². The van der Waals surface area contributed by atoms with Gasteiger partial charge in [0.05, 0.1) is 5.02 Å². The van der Waals surface area contributed by atoms with Crippen molar-refractivity contribution in [2.75, 3.05) is 18.0 Å². The van der Waals surface area contributed by atoms with E-state index >= 15 is 0 Å². The smallest absolute Gasteiger partial charge is 0.230 e. The Labute approximate surface area is 131 Å². The molecule has 1 saturated heterocycles. The lowest BCUT2D eigenvalue weighted by Crippen LogP contribution is -2.21. The molecule has 7 heteroatoms. The lowest BCUT2D eigenvalue weighted by atomic mass is 10.2. The zero-order chi connectivity index (χ0) is 14.1. The Morgan fingerprint density at radius 2 is 1.70 bits per heavy atom. The van der Waals surface area contributed by atoms with E-state index in [0.717, 1.165) is 25.9 Å². The number of hydrogen-bond donors (Lipinski definition) is 0. The number of hydrogen-bond acceptors (Lipinski definition) is 4. The van der Waals surface area contributed by atoms with Gasteiger partial charge >= 0.3 is 0 Å². The van der Waals surface area contributed by atoms with E-state index in [2.05, 4.69) is 19.9 Å². The van der Waals surface area contributed by atoms with E-state index in [1.807, 2.05) is 0 Å². The Balaban J connectivity index is 2.04. The summed E-state index contributed by atoms with van der Waals surface area (Å²) in [6, 6.07) is 5.19. The van der Waals surface area contributed by atoms with Crippen LogP contribution in [0, 0.1) is 0 Å². The monoisotopic (exact) mass is 328 g/mol. The maximum absolute atomic E-state index is 6.19. The molecule has 3 rings (SSSR count). The van der Waals surface area contributed by atoms with Crippen LogP contribution < -0.4 is 4.90 Å². The molecule has 2 aromatic rings. The van der Waals surface area contributed by atoms with Gasteiger partial charge < -0.3 is 4.90 Å². The first-order valence-electron chi connectivity index (χ1n) is 6.25. The molecule has 1 aromatic heterocycles. The number of benzene rings is 1. The normalized spacial score (nSPS) is 14.8. The molecule has 20 heavy (non-hydrogen) atoms. The summed E-state index contributed by atoms with van der Waals surface area (Å²) in [6.45, 7) is 1.88. The van der Waals surface area contributed by atoms with Crippen LogP contribution in [0.15, 0.2) is 18.2 Å². The Morgan fingerprint density at radius 3 is 2.40 bits per heavy atom. The molecule has 0 spiro atoms. The van der Waals surface area contributed by atoms with Crippen molar-refractivity contribution in [3.05, 3.63) is 33.5 Å². The topological polar surface area (TPSA) is 41.9 Å². The average molecular weight is 330 g/mol. The lowest BCUT2D eigenvalue weighted by Gasteiger charge is -2.15. The van der Waals surface area contributed by atoms with E-state index in [9.17, 15) is 0 Å². The summed E-state index contributed by atoms with van der Waals surface area (Å²) in [6.07, 6.45) is 2.28. The third kappa shape index (κ3) is 2.82. The van der Waals surface area contributed by atoms with Crippen molar-refractivity contribution < 1.29 is 0 Å². The molecule has 0 saturated carbocycles. The van der Waals surface area contributed by atoms with Gasteiger partial charge in [0.2, 0.25) is 11.2 Å². The van der Waals surface area contributed by atoms with Crippen LogP contribution in [0.25, 0.3) is 11.4 Å². The number of halogens is 3. The van der Waals surface area contributed by atoms with Crippen molar-refractivity contribution in [2.45, 2.75) is 12.8 Å². The van der Waals surface area contributed by atoms with Gasteiger partial charge in [-0.1, -0.05) is 23.2 Å². The summed E-state index contributed by atoms with van der Waals surface area (Å²) in [7, 11) is 0. The molecule has 1 aliphatic heterocycles. The highest BCUT2D eigenvalue weighted by Crippen LogP contribution is 2.29. The van der Waals surface area contributed by atoms with E-state index in [0.29, 0.717) is 27.4 Å². The molecule has 0 N–H and O–H groups in total. The fourth-order valence-electron chi connectivity index (χ4n) is 2.19. The summed E-state index contributed by atoms with van der Waals surface area (Å²) in [5.41, 5.74) is 0.695. The predicted molar refractivity (Wildman–Crippen MR) is 81.7 cm³/mol. The number of rotatable bonds is 2. The van der Waals surface area contributed by atoms with Crippen molar-refractivity contribution in [3.8, 4) is 11.4 Å². The van der Waals surface area contributed by atoms with Crippen LogP contribution >= 0.6 is 34.8 Å². The van der Waals surface area contributed by atoms with Gasteiger partial charge in [-0.3, -0.25) is 0 Å². The zero-order valence-corrected chi connectivity index (χ0v) is 12.8. The van der Waals surface area contributed by atoms with Crippen molar-refractivity contribution in [3.63, 3.8) is 0 Å². The highest BCUT2D eigenvalue weighted by Gasteiger charge is 2.18. The minimum absolute atomic E-state index is 0.169. The van der Waals surface area contributed by atoms with Gasteiger partial charge in [0, 0.05) is 23.7 Å². The highest BCUT2D eigenvalue weighted by molar-refractivity contribution is 6.36. The molecule has 0 radical (unpaired) electrons. The van der Waals surface area contributed by atoms with E-state index < -0.39 is 0 Å². The van der Waals surface area contributed by atoms with Gasteiger partial charge in [-0.2, -0.15) is 15.0 Å². The second-order valence-electron chi connectivity index (χ2n) is 4.55. The SMILES string of the molecule is Clc1ccc(-c2nc(Cl)nc(N3CCCC3)n2)c(Cl)c1. The standard InChI is InChI=1S/C13H11Cl3N4/c14-8-3-4-9(10(15)7-8)11-17-12(16)19-13(18-11)20-5-1-2-6-20/h3-4,7H,1-2,5-6H2. The van der Waals surface area contributed by atoms with Crippen molar-refractivity contribution in [1.29, 1.82) is 0 Å². The number of nitrogens with zero attached hydrogens (tertiary/aromatic N) is 4. The summed E-state index contributed by atoms with van der Waals surface area (Å²) >= 11 is 18.1. The van der Waals surface area contributed by atoms with E-state index in [-0.39, 0.29) is 5.28 Å². The second kappa shape index (κ2) is 5.72. The molecule has 0 unspecified atom stereocenters. The quantitative estimate of drug-likeness (QED) is 0.832. The van der Waals surface area contributed by atoms with E-state index in [1.54, 1.807) is 18.2 Å². The second-order valence-corrected chi connectivity index (χ2v) is 5.73. The Bertz CT molecular complexity index is 642. The van der Waals surface area contributed by atoms with Gasteiger partial charge in [0.15, 0.2) is 5.82 Å². The summed E-state index contributed by atoms with van der Waals surface area (Å²) < 4.78 is 0. The third-order valence-corrected chi connectivity index (χ3v) is 3.87. The Morgan fingerprint density at radius 1 is 0.950 bits per heavy atom. The summed E-state index contributed by atoms with van der Waals surface area (Å²) in [5.74, 6) is 1.07. The van der Waals surface area contributed by atoms with Gasteiger partial charge in [0.1, 0.15) is 0 Å². The first kappa shape index (κ1) is 13.9. The molecule has 0 amide bonds. The lowest BCUT2D eigenvalue weighted by molar-refractivity contribution is 0.883. The third-order valence-electron chi connectivity index (χ3n) is 3.16. The van der Waals surface area contributed by atoms with Crippen LogP contribution in [0.4, 0.5) is 5.95 Å².